The molecule has 1 aromatic carbocycles. The van der Waals surface area contributed by atoms with Gasteiger partial charge >= 0.3 is 11.9 Å². The monoisotopic (exact) mass is 331 g/mol. The lowest BCUT2D eigenvalue weighted by atomic mass is 10.1. The van der Waals surface area contributed by atoms with Gasteiger partial charge in [-0.15, -0.1) is 0 Å². The van der Waals surface area contributed by atoms with Crippen molar-refractivity contribution in [3.63, 3.8) is 0 Å². The number of anilines is 1. The van der Waals surface area contributed by atoms with E-state index in [9.17, 15) is 9.59 Å². The smallest absolute Gasteiger partial charge is 0.344 e. The topological polar surface area (TPSA) is 73.9 Å². The summed E-state index contributed by atoms with van der Waals surface area (Å²) in [6.07, 6.45) is 5.77. The Labute approximate surface area is 141 Å². The van der Waals surface area contributed by atoms with Crippen LogP contribution < -0.4 is 5.32 Å². The number of carbonyl (C=O) groups is 2. The molecule has 6 nitrogen and oxygen atoms in total. The molecule has 1 aliphatic rings. The molecule has 0 saturated carbocycles. The lowest BCUT2D eigenvalue weighted by Gasteiger charge is -2.16. The van der Waals surface area contributed by atoms with Crippen molar-refractivity contribution in [3.8, 4) is 0 Å². The molecular formula is C18H21NO5. The van der Waals surface area contributed by atoms with E-state index < -0.39 is 18.5 Å². The largest absolute Gasteiger partial charge is 0.494 e. The summed E-state index contributed by atoms with van der Waals surface area (Å²) in [6.45, 7) is 2.26. The summed E-state index contributed by atoms with van der Waals surface area (Å²) >= 11 is 0. The maximum absolute atomic E-state index is 11.8. The van der Waals surface area contributed by atoms with E-state index in [1.54, 1.807) is 24.3 Å². The van der Waals surface area contributed by atoms with Gasteiger partial charge in [0.25, 0.3) is 0 Å². The van der Waals surface area contributed by atoms with Crippen molar-refractivity contribution in [1.82, 2.24) is 0 Å². The third kappa shape index (κ3) is 5.15. The second-order valence-electron chi connectivity index (χ2n) is 5.19. The molecule has 1 aliphatic heterocycles. The molecule has 24 heavy (non-hydrogen) atoms. The van der Waals surface area contributed by atoms with Crippen LogP contribution in [0.1, 0.15) is 30.1 Å². The van der Waals surface area contributed by atoms with E-state index in [0.29, 0.717) is 12.2 Å². The molecule has 0 amide bonds. The number of hydrogen-bond acceptors (Lipinski definition) is 6. The Bertz CT molecular complexity index is 646. The highest BCUT2D eigenvalue weighted by Gasteiger charge is 2.10. The molecule has 0 aliphatic carbocycles. The predicted octanol–water partition coefficient (Wildman–Crippen LogP) is 3.03. The van der Waals surface area contributed by atoms with E-state index in [1.165, 1.54) is 7.11 Å². The summed E-state index contributed by atoms with van der Waals surface area (Å²) in [7, 11) is 1.24. The Kier molecular flexibility index (Phi) is 6.42. The number of esters is 2. The number of ether oxygens (including phenoxy) is 3. The Morgan fingerprint density at radius 1 is 1.29 bits per heavy atom. The summed E-state index contributed by atoms with van der Waals surface area (Å²) in [5.74, 6) is -0.131. The van der Waals surface area contributed by atoms with Crippen molar-refractivity contribution in [3.05, 3.63) is 53.4 Å². The average molecular weight is 331 g/mol. The van der Waals surface area contributed by atoms with Gasteiger partial charge in [0, 0.05) is 18.3 Å². The summed E-state index contributed by atoms with van der Waals surface area (Å²) in [5, 5.41) is 3.18. The summed E-state index contributed by atoms with van der Waals surface area (Å²) in [6, 6.07) is 6.80. The third-order valence-corrected chi connectivity index (χ3v) is 3.50. The molecule has 0 bridgehead atoms. The standard InChI is InChI=1S/C18H21NO5/c1-3-16-9-4-13(11-23-16)10-19-15-7-5-14(6-8-15)18(21)24-12-17(20)22-2/h5-10,19H,3-4,11-12H2,1-2H3. The summed E-state index contributed by atoms with van der Waals surface area (Å²) in [5.41, 5.74) is 2.36. The van der Waals surface area contributed by atoms with Crippen molar-refractivity contribution in [2.45, 2.75) is 19.8 Å². The van der Waals surface area contributed by atoms with Crippen LogP contribution in [-0.2, 0) is 19.0 Å². The molecule has 0 atom stereocenters. The number of carbonyl (C=O) groups excluding carboxylic acids is 2. The van der Waals surface area contributed by atoms with Gasteiger partial charge in [0.15, 0.2) is 6.61 Å². The van der Waals surface area contributed by atoms with Gasteiger partial charge in [-0.2, -0.15) is 0 Å². The third-order valence-electron chi connectivity index (χ3n) is 3.50. The first kappa shape index (κ1) is 17.6. The Hall–Kier alpha value is -2.76. The van der Waals surface area contributed by atoms with Crippen LogP contribution in [0, 0.1) is 0 Å². The summed E-state index contributed by atoms with van der Waals surface area (Å²) < 4.78 is 14.8. The van der Waals surface area contributed by atoms with E-state index >= 15 is 0 Å². The molecule has 0 radical (unpaired) electrons. The summed E-state index contributed by atoms with van der Waals surface area (Å²) in [4.78, 5) is 22.7. The zero-order valence-corrected chi connectivity index (χ0v) is 13.8. The maximum Gasteiger partial charge on any atom is 0.344 e. The molecular weight excluding hydrogens is 310 g/mol. The van der Waals surface area contributed by atoms with Gasteiger partial charge in [0.1, 0.15) is 6.61 Å². The van der Waals surface area contributed by atoms with Crippen LogP contribution in [0.25, 0.3) is 0 Å². The van der Waals surface area contributed by atoms with Crippen LogP contribution in [0.15, 0.2) is 47.9 Å². The first-order chi connectivity index (χ1) is 11.6. The minimum atomic E-state index is -0.594. The highest BCUT2D eigenvalue weighted by atomic mass is 16.6. The van der Waals surface area contributed by atoms with Crippen LogP contribution in [0.4, 0.5) is 5.69 Å². The van der Waals surface area contributed by atoms with E-state index in [1.807, 2.05) is 6.20 Å². The number of rotatable bonds is 6. The van der Waals surface area contributed by atoms with Crippen LogP contribution in [-0.4, -0.2) is 32.3 Å². The first-order valence-electron chi connectivity index (χ1n) is 7.72. The quantitative estimate of drug-likeness (QED) is 0.808. The molecule has 2 rings (SSSR count). The SMILES string of the molecule is CCC1=CCC(=CNc2ccc(C(=O)OCC(=O)OC)cc2)CO1. The molecule has 1 aromatic rings. The van der Waals surface area contributed by atoms with Crippen molar-refractivity contribution in [1.29, 1.82) is 0 Å². The molecule has 0 spiro atoms. The molecule has 0 fully saturated rings. The Balaban J connectivity index is 1.87. The molecule has 1 heterocycles. The number of nitrogens with one attached hydrogen (secondary N) is 1. The fourth-order valence-electron chi connectivity index (χ4n) is 2.05. The lowest BCUT2D eigenvalue weighted by Crippen LogP contribution is -2.15. The van der Waals surface area contributed by atoms with Crippen LogP contribution >= 0.6 is 0 Å². The predicted molar refractivity (Wildman–Crippen MR) is 89.4 cm³/mol. The van der Waals surface area contributed by atoms with Gasteiger partial charge in [-0.1, -0.05) is 6.92 Å². The van der Waals surface area contributed by atoms with Crippen LogP contribution in [0.3, 0.4) is 0 Å². The highest BCUT2D eigenvalue weighted by molar-refractivity contribution is 5.91. The molecule has 0 saturated heterocycles. The zero-order chi connectivity index (χ0) is 17.4. The first-order valence-corrected chi connectivity index (χ1v) is 7.72. The van der Waals surface area contributed by atoms with E-state index in [4.69, 9.17) is 9.47 Å². The van der Waals surface area contributed by atoms with Gasteiger partial charge in [0.05, 0.1) is 18.4 Å². The number of hydrogen-bond donors (Lipinski definition) is 1. The van der Waals surface area contributed by atoms with Crippen molar-refractivity contribution in [2.75, 3.05) is 25.6 Å². The van der Waals surface area contributed by atoms with E-state index in [-0.39, 0.29) is 0 Å². The molecule has 1 N–H and O–H groups in total. The molecule has 128 valence electrons. The van der Waals surface area contributed by atoms with Crippen molar-refractivity contribution < 1.29 is 23.8 Å². The van der Waals surface area contributed by atoms with Gasteiger partial charge < -0.3 is 19.5 Å². The highest BCUT2D eigenvalue weighted by Crippen LogP contribution is 2.18. The van der Waals surface area contributed by atoms with Gasteiger partial charge in [-0.05, 0) is 42.3 Å². The van der Waals surface area contributed by atoms with Gasteiger partial charge in [-0.3, -0.25) is 0 Å². The molecule has 0 unspecified atom stereocenters. The second kappa shape index (κ2) is 8.76. The van der Waals surface area contributed by atoms with E-state index in [0.717, 1.165) is 29.9 Å². The fourth-order valence-corrected chi connectivity index (χ4v) is 2.05. The van der Waals surface area contributed by atoms with Gasteiger partial charge in [0.2, 0.25) is 0 Å². The Morgan fingerprint density at radius 3 is 2.62 bits per heavy atom. The average Bonchev–Trinajstić information content (AvgIpc) is 2.64. The zero-order valence-electron chi connectivity index (χ0n) is 13.8. The minimum Gasteiger partial charge on any atom is -0.494 e. The van der Waals surface area contributed by atoms with Crippen molar-refractivity contribution in [2.24, 2.45) is 0 Å². The van der Waals surface area contributed by atoms with E-state index in [2.05, 4.69) is 23.1 Å². The normalized spacial score (nSPS) is 15.2. The number of methoxy groups -OCH3 is 1. The maximum atomic E-state index is 11.8. The second-order valence-corrected chi connectivity index (χ2v) is 5.19. The fraction of sp³-hybridized carbons (Fsp3) is 0.333. The number of allylic oxidation sites excluding steroid dienone is 2. The lowest BCUT2D eigenvalue weighted by molar-refractivity contribution is -0.144. The minimum absolute atomic E-state index is 0.369. The molecule has 0 aromatic heterocycles. The molecule has 6 heteroatoms. The van der Waals surface area contributed by atoms with Crippen LogP contribution in [0.5, 0.6) is 0 Å². The van der Waals surface area contributed by atoms with Crippen molar-refractivity contribution >= 4 is 17.6 Å². The van der Waals surface area contributed by atoms with Crippen LogP contribution in [0.2, 0.25) is 0 Å². The Morgan fingerprint density at radius 2 is 2.04 bits per heavy atom. The number of benzene rings is 1. The van der Waals surface area contributed by atoms with Gasteiger partial charge in [-0.25, -0.2) is 9.59 Å².